The summed E-state index contributed by atoms with van der Waals surface area (Å²) in [6.45, 7) is 0. The Morgan fingerprint density at radius 2 is 2.06 bits per heavy atom. The molecule has 3 nitrogen and oxygen atoms in total. The Morgan fingerprint density at radius 1 is 1.38 bits per heavy atom. The van der Waals surface area contributed by atoms with Crippen LogP contribution in [0.2, 0.25) is 5.02 Å². The van der Waals surface area contributed by atoms with E-state index in [2.05, 4.69) is 5.32 Å². The minimum atomic E-state index is -0.0670. The third-order valence-corrected chi connectivity index (χ3v) is 2.83. The maximum absolute atomic E-state index is 11.8. The lowest BCUT2D eigenvalue weighted by Gasteiger charge is -2.11. The van der Waals surface area contributed by atoms with Gasteiger partial charge in [0.05, 0.1) is 5.69 Å². The summed E-state index contributed by atoms with van der Waals surface area (Å²) >= 11 is 5.70. The molecule has 0 spiro atoms. The van der Waals surface area contributed by atoms with Gasteiger partial charge in [0.1, 0.15) is 5.75 Å². The molecule has 0 aromatic heterocycles. The van der Waals surface area contributed by atoms with Crippen LogP contribution >= 0.6 is 11.6 Å². The molecule has 0 bridgehead atoms. The zero-order valence-corrected chi connectivity index (χ0v) is 9.37. The Bertz CT molecular complexity index is 435. The van der Waals surface area contributed by atoms with Gasteiger partial charge in [-0.05, 0) is 25.0 Å². The van der Waals surface area contributed by atoms with E-state index in [0.29, 0.717) is 10.7 Å². The van der Waals surface area contributed by atoms with Crippen LogP contribution in [0.1, 0.15) is 12.8 Å². The third kappa shape index (κ3) is 2.36. The summed E-state index contributed by atoms with van der Waals surface area (Å²) in [6, 6.07) is 4.63. The molecule has 1 aromatic rings. The van der Waals surface area contributed by atoms with Crippen molar-refractivity contribution in [1.29, 1.82) is 0 Å². The van der Waals surface area contributed by atoms with Gasteiger partial charge in [0.25, 0.3) is 0 Å². The van der Waals surface area contributed by atoms with Crippen LogP contribution in [0.5, 0.6) is 5.75 Å². The molecule has 0 heterocycles. The fourth-order valence-corrected chi connectivity index (χ4v) is 1.84. The van der Waals surface area contributed by atoms with Gasteiger partial charge in [-0.3, -0.25) is 4.79 Å². The van der Waals surface area contributed by atoms with Crippen LogP contribution in [-0.4, -0.2) is 11.0 Å². The highest BCUT2D eigenvalue weighted by Crippen LogP contribution is 2.28. The summed E-state index contributed by atoms with van der Waals surface area (Å²) in [6.07, 6.45) is 5.51. The molecule has 2 N–H and O–H groups in total. The monoisotopic (exact) mass is 237 g/mol. The number of hydrogen-bond donors (Lipinski definition) is 2. The number of nitrogens with one attached hydrogen (secondary N) is 1. The van der Waals surface area contributed by atoms with Gasteiger partial charge in [-0.15, -0.1) is 0 Å². The molecule has 0 fully saturated rings. The highest BCUT2D eigenvalue weighted by atomic mass is 35.5. The van der Waals surface area contributed by atoms with Gasteiger partial charge in [0, 0.05) is 17.0 Å². The zero-order chi connectivity index (χ0) is 11.5. The molecule has 84 valence electrons. The molecule has 0 aliphatic heterocycles. The molecule has 1 aromatic carbocycles. The Balaban J connectivity index is 2.06. The van der Waals surface area contributed by atoms with Gasteiger partial charge in [-0.25, -0.2) is 0 Å². The van der Waals surface area contributed by atoms with Crippen LogP contribution < -0.4 is 5.32 Å². The predicted molar refractivity (Wildman–Crippen MR) is 63.6 cm³/mol. The second kappa shape index (κ2) is 4.58. The number of amides is 1. The van der Waals surface area contributed by atoms with E-state index in [1.807, 2.05) is 12.2 Å². The number of phenolic OH excluding ortho intramolecular Hbond substituents is 1. The largest absolute Gasteiger partial charge is 0.506 e. The van der Waals surface area contributed by atoms with Crippen molar-refractivity contribution in [3.05, 3.63) is 35.4 Å². The summed E-state index contributed by atoms with van der Waals surface area (Å²) in [7, 11) is 0. The number of aromatic hydroxyl groups is 1. The van der Waals surface area contributed by atoms with Crippen molar-refractivity contribution in [3.63, 3.8) is 0 Å². The van der Waals surface area contributed by atoms with Crippen LogP contribution in [0.15, 0.2) is 30.4 Å². The quantitative estimate of drug-likeness (QED) is 0.614. The SMILES string of the molecule is O=C(Nc1ccc(Cl)cc1O)C1CC=CC1. The third-order valence-electron chi connectivity index (χ3n) is 2.60. The van der Waals surface area contributed by atoms with Crippen LogP contribution in [-0.2, 0) is 4.79 Å². The van der Waals surface area contributed by atoms with E-state index >= 15 is 0 Å². The maximum atomic E-state index is 11.8. The van der Waals surface area contributed by atoms with Crippen molar-refractivity contribution < 1.29 is 9.90 Å². The number of halogens is 1. The highest BCUT2D eigenvalue weighted by Gasteiger charge is 2.19. The maximum Gasteiger partial charge on any atom is 0.228 e. The molecule has 4 heteroatoms. The Hall–Kier alpha value is -1.48. The normalized spacial score (nSPS) is 15.3. The molecule has 1 amide bonds. The number of allylic oxidation sites excluding steroid dienone is 2. The average molecular weight is 238 g/mol. The summed E-state index contributed by atoms with van der Waals surface area (Å²) in [5.74, 6) is -0.0930. The van der Waals surface area contributed by atoms with Gasteiger partial charge < -0.3 is 10.4 Å². The molecule has 1 aliphatic rings. The van der Waals surface area contributed by atoms with Crippen molar-refractivity contribution in [2.75, 3.05) is 5.32 Å². The van der Waals surface area contributed by atoms with Gasteiger partial charge in [0.15, 0.2) is 0 Å². The molecule has 0 saturated carbocycles. The van der Waals surface area contributed by atoms with Crippen LogP contribution in [0.3, 0.4) is 0 Å². The summed E-state index contributed by atoms with van der Waals surface area (Å²) in [5, 5.41) is 12.7. The Labute approximate surface area is 98.7 Å². The summed E-state index contributed by atoms with van der Waals surface area (Å²) in [5.41, 5.74) is 0.404. The smallest absolute Gasteiger partial charge is 0.228 e. The van der Waals surface area contributed by atoms with Gasteiger partial charge in [-0.1, -0.05) is 23.8 Å². The van der Waals surface area contributed by atoms with E-state index in [0.717, 1.165) is 12.8 Å². The molecule has 0 radical (unpaired) electrons. The number of carbonyl (C=O) groups excluding carboxylic acids is 1. The number of anilines is 1. The van der Waals surface area contributed by atoms with E-state index in [4.69, 9.17) is 11.6 Å². The van der Waals surface area contributed by atoms with Crippen molar-refractivity contribution in [3.8, 4) is 5.75 Å². The molecule has 16 heavy (non-hydrogen) atoms. The fourth-order valence-electron chi connectivity index (χ4n) is 1.68. The number of phenols is 1. The first-order valence-corrected chi connectivity index (χ1v) is 5.49. The van der Waals surface area contributed by atoms with Crippen LogP contribution in [0.25, 0.3) is 0 Å². The van der Waals surface area contributed by atoms with E-state index in [1.165, 1.54) is 6.07 Å². The fraction of sp³-hybridized carbons (Fsp3) is 0.250. The second-order valence-electron chi connectivity index (χ2n) is 3.79. The lowest BCUT2D eigenvalue weighted by atomic mass is 10.1. The first-order valence-electron chi connectivity index (χ1n) is 5.11. The minimum Gasteiger partial charge on any atom is -0.506 e. The highest BCUT2D eigenvalue weighted by molar-refractivity contribution is 6.30. The number of rotatable bonds is 2. The lowest BCUT2D eigenvalue weighted by Crippen LogP contribution is -2.20. The molecular formula is C12H12ClNO2. The average Bonchev–Trinajstić information content (AvgIpc) is 2.75. The predicted octanol–water partition coefficient (Wildman–Crippen LogP) is 2.95. The Kier molecular flexibility index (Phi) is 3.15. The van der Waals surface area contributed by atoms with E-state index < -0.39 is 0 Å². The number of carbonyl (C=O) groups is 1. The van der Waals surface area contributed by atoms with Gasteiger partial charge in [-0.2, -0.15) is 0 Å². The van der Waals surface area contributed by atoms with Crippen molar-refractivity contribution in [2.24, 2.45) is 5.92 Å². The lowest BCUT2D eigenvalue weighted by molar-refractivity contribution is -0.119. The number of benzene rings is 1. The van der Waals surface area contributed by atoms with E-state index in [9.17, 15) is 9.90 Å². The van der Waals surface area contributed by atoms with Crippen molar-refractivity contribution >= 4 is 23.2 Å². The Morgan fingerprint density at radius 3 is 2.69 bits per heavy atom. The zero-order valence-electron chi connectivity index (χ0n) is 8.61. The first kappa shape index (κ1) is 11.0. The molecule has 0 unspecified atom stereocenters. The van der Waals surface area contributed by atoms with E-state index in [-0.39, 0.29) is 17.6 Å². The first-order chi connectivity index (χ1) is 7.66. The molecule has 2 rings (SSSR count). The van der Waals surface area contributed by atoms with Crippen LogP contribution in [0, 0.1) is 5.92 Å². The molecule has 0 atom stereocenters. The second-order valence-corrected chi connectivity index (χ2v) is 4.23. The molecular weight excluding hydrogens is 226 g/mol. The van der Waals surface area contributed by atoms with Crippen molar-refractivity contribution in [2.45, 2.75) is 12.8 Å². The summed E-state index contributed by atoms with van der Waals surface area (Å²) in [4.78, 5) is 11.8. The topological polar surface area (TPSA) is 49.3 Å². The number of hydrogen-bond acceptors (Lipinski definition) is 2. The van der Waals surface area contributed by atoms with Crippen LogP contribution in [0.4, 0.5) is 5.69 Å². The molecule has 1 aliphatic carbocycles. The molecule has 0 saturated heterocycles. The van der Waals surface area contributed by atoms with Crippen molar-refractivity contribution in [1.82, 2.24) is 0 Å². The summed E-state index contributed by atoms with van der Waals surface area (Å²) < 4.78 is 0. The standard InChI is InChI=1S/C12H12ClNO2/c13-9-5-6-10(11(15)7-9)14-12(16)8-3-1-2-4-8/h1-2,5-8,15H,3-4H2,(H,14,16). The van der Waals surface area contributed by atoms with E-state index in [1.54, 1.807) is 12.1 Å². The van der Waals surface area contributed by atoms with Gasteiger partial charge >= 0.3 is 0 Å². The minimum absolute atomic E-state index is 0.00759. The van der Waals surface area contributed by atoms with Gasteiger partial charge in [0.2, 0.25) is 5.91 Å².